The third kappa shape index (κ3) is 15.0. The minimum absolute atomic E-state index is 0.0591. The predicted octanol–water partition coefficient (Wildman–Crippen LogP) is 19.1. The van der Waals surface area contributed by atoms with E-state index in [-0.39, 0.29) is 5.41 Å². The molecule has 0 saturated heterocycles. The Bertz CT molecular complexity index is 6070. The van der Waals surface area contributed by atoms with Crippen molar-refractivity contribution < 1.29 is 36.5 Å². The van der Waals surface area contributed by atoms with Gasteiger partial charge in [0, 0.05) is 157 Å². The first-order valence-corrected chi connectivity index (χ1v) is 37.4. The number of rotatable bonds is 8. The number of aryl methyl sites for hydroxylation is 11. The van der Waals surface area contributed by atoms with Crippen molar-refractivity contribution in [3.63, 3.8) is 0 Å². The third-order valence-corrected chi connectivity index (χ3v) is 21.4. The number of pyridine rings is 8. The fourth-order valence-electron chi connectivity index (χ4n) is 15.6. The van der Waals surface area contributed by atoms with Crippen molar-refractivity contribution in [2.75, 3.05) is 0 Å². The van der Waals surface area contributed by atoms with Gasteiger partial charge in [-0.15, -0.1) is 0 Å². The number of benzene rings is 8. The second-order valence-corrected chi connectivity index (χ2v) is 30.1. The molecular weight excluding hydrogens is 1300 g/mol. The van der Waals surface area contributed by atoms with Gasteiger partial charge in [-0.3, -0.25) is 0 Å². The Balaban J connectivity index is 0.000000126. The molecule has 8 aromatic heterocycles. The van der Waals surface area contributed by atoms with Gasteiger partial charge in [-0.1, -0.05) is 112 Å². The molecule has 0 spiro atoms. The summed E-state index contributed by atoms with van der Waals surface area (Å²) in [5.41, 5.74) is 30.6. The smallest absolute Gasteiger partial charge is 0.201 e. The zero-order valence-electron chi connectivity index (χ0n) is 65.8. The zero-order chi connectivity index (χ0) is 75.5. The van der Waals surface area contributed by atoms with E-state index in [1.54, 1.807) is 0 Å². The summed E-state index contributed by atoms with van der Waals surface area (Å²) in [7, 11) is 8.48. The predicted molar refractivity (Wildman–Crippen MR) is 439 cm³/mol. The van der Waals surface area contributed by atoms with Crippen LogP contribution in [0.25, 0.3) is 111 Å². The third-order valence-electron chi connectivity index (χ3n) is 21.4. The van der Waals surface area contributed by atoms with Gasteiger partial charge in [-0.05, 0) is 153 Å². The average Bonchev–Trinajstić information content (AvgIpc) is 0.781. The Labute approximate surface area is 633 Å². The van der Waals surface area contributed by atoms with Crippen molar-refractivity contribution in [3.8, 4) is 67.8 Å². The Morgan fingerprint density at radius 3 is 1.27 bits per heavy atom. The molecule has 0 fully saturated rings. The SMILES string of the molecule is Cc1c(-c2c3ccccc3cc[n+]2C)cc(C(C)(C)C)cc1-[n+]1ccccc1C.Cc1c(-c2c3ccccc3cc[n+]2C)cccc1-[n+]1ccccc1C.Cc1cc(-c2cccc[n+]2C)c(C)c(-[n+]2cc3ccccc3cc2C)c1.Cc1cc(C)c(-[n+]2cc3ccccc3cc2C)c(C)c1-c1cccc[n+]1C. The van der Waals surface area contributed by atoms with E-state index in [1.165, 1.54) is 178 Å². The van der Waals surface area contributed by atoms with Crippen molar-refractivity contribution in [3.05, 3.63) is 360 Å². The lowest BCUT2D eigenvalue weighted by Crippen LogP contribution is -2.37. The Morgan fingerprint density at radius 2 is 0.720 bits per heavy atom. The summed E-state index contributed by atoms with van der Waals surface area (Å²) in [5, 5.41) is 10.2. The van der Waals surface area contributed by atoms with E-state index in [2.05, 4.69) is 454 Å². The zero-order valence-corrected chi connectivity index (χ0v) is 65.8. The summed E-state index contributed by atoms with van der Waals surface area (Å²) < 4.78 is 18.1. The molecule has 0 bridgehead atoms. The topological polar surface area (TPSA) is 31.0 Å². The maximum Gasteiger partial charge on any atom is 0.220 e. The van der Waals surface area contributed by atoms with Crippen molar-refractivity contribution in [2.45, 2.75) is 102 Å². The molecule has 8 aromatic carbocycles. The number of fused-ring (bicyclic) bond motifs is 4. The highest BCUT2D eigenvalue weighted by Gasteiger charge is 2.30. The number of aromatic nitrogens is 8. The minimum Gasteiger partial charge on any atom is -0.201 e. The fourth-order valence-corrected chi connectivity index (χ4v) is 15.6. The maximum absolute atomic E-state index is 2.39. The van der Waals surface area contributed by atoms with Crippen LogP contribution in [0.15, 0.2) is 292 Å². The Morgan fingerprint density at radius 1 is 0.271 bits per heavy atom. The lowest BCUT2D eigenvalue weighted by molar-refractivity contribution is -0.660. The highest BCUT2D eigenvalue weighted by atomic mass is 15.0. The molecule has 8 heteroatoms. The molecule has 0 radical (unpaired) electrons. The van der Waals surface area contributed by atoms with Gasteiger partial charge in [0.25, 0.3) is 0 Å². The van der Waals surface area contributed by atoms with E-state index >= 15 is 0 Å². The van der Waals surface area contributed by atoms with Crippen LogP contribution in [0.5, 0.6) is 0 Å². The summed E-state index contributed by atoms with van der Waals surface area (Å²) in [4.78, 5) is 0. The molecule has 0 amide bonds. The standard InChI is InChI=1S/C27H30N2.C25H26N2.C24H24N2.C23H22N2/c1-19-11-9-10-15-29(19)25-18-22(27(3,4)5)17-24(20(25)2)26-23-13-8-7-12-21(23)14-16-28(26)6;1-17-14-18(2)25(20(4)24(17)23-12-8-9-13-26(23)5)27-16-22-11-7-6-10-21(22)15-19(27)3;1-17-13-22(23-11-7-8-12-25(23)4)19(3)24(14-17)26-16-21-10-6-5-9-20(21)15-18(26)2;1-17-9-6-7-15-25(17)22-13-8-12-20(18(22)2)23-21-11-5-4-10-19(21)14-16-24(23)3/h7-18H,1-6H3;6-16H,1-5H3;5-16H,1-4H3;4-16H,1-3H3/q4*+2. The van der Waals surface area contributed by atoms with E-state index < -0.39 is 0 Å². The van der Waals surface area contributed by atoms with Crippen LogP contribution in [0.2, 0.25) is 0 Å². The van der Waals surface area contributed by atoms with Crippen molar-refractivity contribution in [1.82, 2.24) is 0 Å². The van der Waals surface area contributed by atoms with E-state index in [0.29, 0.717) is 0 Å². The van der Waals surface area contributed by atoms with Crippen LogP contribution in [-0.2, 0) is 33.6 Å². The second kappa shape index (κ2) is 31.0. The van der Waals surface area contributed by atoms with E-state index in [0.717, 1.165) is 0 Å². The molecule has 8 heterocycles. The number of hydrogen-bond acceptors (Lipinski definition) is 0. The van der Waals surface area contributed by atoms with Gasteiger partial charge in [-0.2, -0.15) is 18.3 Å². The molecule has 8 nitrogen and oxygen atoms in total. The summed E-state index contributed by atoms with van der Waals surface area (Å²) in [5.74, 6) is 0. The molecule has 0 aliphatic heterocycles. The molecular formula is C99H102N8+8. The summed E-state index contributed by atoms with van der Waals surface area (Å²) in [6.07, 6.45) is 17.3. The van der Waals surface area contributed by atoms with Crippen molar-refractivity contribution in [2.24, 2.45) is 28.2 Å². The lowest BCUT2D eigenvalue weighted by Gasteiger charge is -2.21. The quantitative estimate of drug-likeness (QED) is 0.136. The van der Waals surface area contributed by atoms with E-state index in [9.17, 15) is 0 Å². The Hall–Kier alpha value is -12.0. The van der Waals surface area contributed by atoms with Gasteiger partial charge in [0.15, 0.2) is 72.4 Å². The highest BCUT2D eigenvalue weighted by molar-refractivity contribution is 5.95. The van der Waals surface area contributed by atoms with Crippen LogP contribution in [0, 0.1) is 76.2 Å². The fraction of sp³-hybridized carbons (Fsp3) is 0.192. The van der Waals surface area contributed by atoms with Crippen LogP contribution >= 0.6 is 0 Å². The molecule has 107 heavy (non-hydrogen) atoms. The Kier molecular flexibility index (Phi) is 21.2. The van der Waals surface area contributed by atoms with Crippen molar-refractivity contribution >= 4 is 43.1 Å². The lowest BCUT2D eigenvalue weighted by atomic mass is 9.83. The summed E-state index contributed by atoms with van der Waals surface area (Å²) in [6, 6.07) is 86.9. The molecule has 0 N–H and O–H groups in total. The second-order valence-electron chi connectivity index (χ2n) is 30.1. The molecule has 0 saturated carbocycles. The molecule has 16 aromatic rings. The van der Waals surface area contributed by atoms with Gasteiger partial charge in [-0.25, -0.2) is 18.3 Å². The van der Waals surface area contributed by atoms with Crippen LogP contribution in [0.3, 0.4) is 0 Å². The number of nitrogens with zero attached hydrogens (tertiary/aromatic N) is 8. The van der Waals surface area contributed by atoms with Crippen LogP contribution in [-0.4, -0.2) is 0 Å². The average molecular weight is 1400 g/mol. The molecule has 0 unspecified atom stereocenters. The van der Waals surface area contributed by atoms with Gasteiger partial charge < -0.3 is 0 Å². The summed E-state index contributed by atoms with van der Waals surface area (Å²) >= 11 is 0. The van der Waals surface area contributed by atoms with Gasteiger partial charge in [0.05, 0.1) is 33.0 Å². The first kappa shape index (κ1) is 73.3. The van der Waals surface area contributed by atoms with Crippen LogP contribution < -0.4 is 36.5 Å². The first-order valence-electron chi connectivity index (χ1n) is 37.4. The van der Waals surface area contributed by atoms with E-state index in [4.69, 9.17) is 0 Å². The maximum atomic E-state index is 2.39. The van der Waals surface area contributed by atoms with Crippen LogP contribution in [0.1, 0.15) is 88.1 Å². The van der Waals surface area contributed by atoms with Crippen molar-refractivity contribution in [1.29, 1.82) is 0 Å². The minimum atomic E-state index is 0.0591. The molecule has 0 aliphatic rings. The van der Waals surface area contributed by atoms with Gasteiger partial charge in [0.1, 0.15) is 28.2 Å². The van der Waals surface area contributed by atoms with Gasteiger partial charge in [0.2, 0.25) is 45.5 Å². The summed E-state index contributed by atoms with van der Waals surface area (Å²) in [6.45, 7) is 31.1. The monoisotopic (exact) mass is 1400 g/mol. The normalized spacial score (nSPS) is 11.3. The van der Waals surface area contributed by atoms with E-state index in [1.807, 2.05) is 0 Å². The highest BCUT2D eigenvalue weighted by Crippen LogP contribution is 2.37. The van der Waals surface area contributed by atoms with Crippen LogP contribution in [0.4, 0.5) is 0 Å². The number of hydrogen-bond donors (Lipinski definition) is 0. The molecule has 0 aliphatic carbocycles. The van der Waals surface area contributed by atoms with Gasteiger partial charge >= 0.3 is 0 Å². The molecule has 16 rings (SSSR count). The first-order chi connectivity index (χ1) is 51.4. The molecule has 530 valence electrons. The largest absolute Gasteiger partial charge is 0.220 e. The molecule has 0 atom stereocenters.